The number of aliphatic carboxylic acids is 1. The number of benzene rings is 1. The molecule has 33 heavy (non-hydrogen) atoms. The van der Waals surface area contributed by atoms with E-state index in [2.05, 4.69) is 16.4 Å². The van der Waals surface area contributed by atoms with Crippen molar-refractivity contribution in [3.8, 4) is 0 Å². The predicted molar refractivity (Wildman–Crippen MR) is 120 cm³/mol. The predicted octanol–water partition coefficient (Wildman–Crippen LogP) is 3.09. The maximum atomic E-state index is 12.4. The molecular weight excluding hydrogens is 424 g/mol. The van der Waals surface area contributed by atoms with Crippen LogP contribution in [-0.2, 0) is 22.4 Å². The van der Waals surface area contributed by atoms with Gasteiger partial charge in [-0.2, -0.15) is 0 Å². The lowest BCUT2D eigenvalue weighted by molar-refractivity contribution is -0.136. The number of aliphatic hydroxyl groups is 1. The summed E-state index contributed by atoms with van der Waals surface area (Å²) < 4.78 is 12.0. The molecule has 0 unspecified atom stereocenters. The molecule has 2 fully saturated rings. The topological polar surface area (TPSA) is 122 Å². The van der Waals surface area contributed by atoms with E-state index >= 15 is 0 Å². The first-order chi connectivity index (χ1) is 16.1. The molecule has 1 aromatic carbocycles. The standard InChI is InChI=1S/C25H32N2O6/c28-13-5-1-4-12-26-24(31)19-15-32-25(27-19)23-18(20-9-10-21(23)33-20)14-17-7-3-2-6-16(17)8-11-22(29)30/h2-3,6-7,15,18,20-21,23,28H,1,4-5,8-14H2,(H,26,31)(H,29,30)/t18-,20+,21-,23+/m1/s1. The minimum atomic E-state index is -0.801. The van der Waals surface area contributed by atoms with Gasteiger partial charge in [-0.25, -0.2) is 4.98 Å². The number of ether oxygens (including phenoxy) is 1. The molecule has 0 radical (unpaired) electrons. The van der Waals surface area contributed by atoms with Crippen LogP contribution in [-0.4, -0.2) is 52.4 Å². The molecule has 3 heterocycles. The van der Waals surface area contributed by atoms with E-state index < -0.39 is 5.97 Å². The number of hydrogen-bond donors (Lipinski definition) is 3. The molecule has 2 saturated heterocycles. The number of aliphatic hydroxyl groups excluding tert-OH is 1. The van der Waals surface area contributed by atoms with Gasteiger partial charge in [0.2, 0.25) is 5.89 Å². The van der Waals surface area contributed by atoms with Crippen molar-refractivity contribution in [2.24, 2.45) is 5.92 Å². The van der Waals surface area contributed by atoms with E-state index in [-0.39, 0.29) is 48.7 Å². The van der Waals surface area contributed by atoms with E-state index in [4.69, 9.17) is 19.4 Å². The molecule has 0 aliphatic carbocycles. The molecule has 4 rings (SSSR count). The number of fused-ring (bicyclic) bond motifs is 2. The summed E-state index contributed by atoms with van der Waals surface area (Å²) in [6.07, 6.45) is 7.26. The maximum Gasteiger partial charge on any atom is 0.303 e. The fourth-order valence-corrected chi connectivity index (χ4v) is 5.12. The summed E-state index contributed by atoms with van der Waals surface area (Å²) in [4.78, 5) is 28.0. The van der Waals surface area contributed by atoms with E-state index in [0.29, 0.717) is 18.9 Å². The van der Waals surface area contributed by atoms with Crippen LogP contribution in [0.2, 0.25) is 0 Å². The number of carbonyl (C=O) groups excluding carboxylic acids is 1. The number of unbranched alkanes of at least 4 members (excludes halogenated alkanes) is 2. The molecule has 0 saturated carbocycles. The number of hydrogen-bond acceptors (Lipinski definition) is 6. The largest absolute Gasteiger partial charge is 0.481 e. The zero-order chi connectivity index (χ0) is 23.2. The van der Waals surface area contributed by atoms with Crippen molar-refractivity contribution in [2.75, 3.05) is 13.2 Å². The van der Waals surface area contributed by atoms with Crippen molar-refractivity contribution in [3.63, 3.8) is 0 Å². The number of carboxylic acids is 1. The van der Waals surface area contributed by atoms with E-state index in [9.17, 15) is 9.59 Å². The number of nitrogens with one attached hydrogen (secondary N) is 1. The van der Waals surface area contributed by atoms with E-state index in [1.54, 1.807) is 0 Å². The normalized spacial score (nSPS) is 23.7. The molecule has 0 spiro atoms. The Hall–Kier alpha value is -2.71. The Balaban J connectivity index is 1.44. The average Bonchev–Trinajstić information content (AvgIpc) is 3.55. The molecule has 2 aromatic rings. The maximum absolute atomic E-state index is 12.4. The van der Waals surface area contributed by atoms with Crippen LogP contribution in [0.5, 0.6) is 0 Å². The van der Waals surface area contributed by atoms with Crippen molar-refractivity contribution >= 4 is 11.9 Å². The Morgan fingerprint density at radius 3 is 2.67 bits per heavy atom. The molecule has 3 N–H and O–H groups in total. The van der Waals surface area contributed by atoms with E-state index in [1.807, 2.05) is 18.2 Å². The van der Waals surface area contributed by atoms with Crippen LogP contribution in [0.1, 0.15) is 71.9 Å². The van der Waals surface area contributed by atoms with Crippen LogP contribution in [0.15, 0.2) is 34.9 Å². The third kappa shape index (κ3) is 5.62. The highest BCUT2D eigenvalue weighted by molar-refractivity contribution is 5.91. The summed E-state index contributed by atoms with van der Waals surface area (Å²) in [7, 11) is 0. The Morgan fingerprint density at radius 1 is 1.09 bits per heavy atom. The Morgan fingerprint density at radius 2 is 1.88 bits per heavy atom. The van der Waals surface area contributed by atoms with Crippen molar-refractivity contribution in [2.45, 2.75) is 69.5 Å². The summed E-state index contributed by atoms with van der Waals surface area (Å²) in [5.74, 6) is -0.371. The van der Waals surface area contributed by atoms with Gasteiger partial charge in [0.1, 0.15) is 6.26 Å². The van der Waals surface area contributed by atoms with Crippen molar-refractivity contribution < 1.29 is 29.0 Å². The van der Waals surface area contributed by atoms with Crippen LogP contribution in [0.25, 0.3) is 0 Å². The zero-order valence-electron chi connectivity index (χ0n) is 18.7. The third-order valence-corrected chi connectivity index (χ3v) is 6.77. The molecule has 2 bridgehead atoms. The minimum Gasteiger partial charge on any atom is -0.481 e. The second-order valence-electron chi connectivity index (χ2n) is 8.96. The third-order valence-electron chi connectivity index (χ3n) is 6.77. The SMILES string of the molecule is O=C(O)CCc1ccccc1C[C@H]1[C@H](c2nc(C(=O)NCCCCCO)co2)[C@H]2CC[C@@H]1O2. The van der Waals surface area contributed by atoms with Crippen molar-refractivity contribution in [1.29, 1.82) is 0 Å². The van der Waals surface area contributed by atoms with Crippen LogP contribution >= 0.6 is 0 Å². The van der Waals surface area contributed by atoms with Gasteiger partial charge in [-0.15, -0.1) is 0 Å². The summed E-state index contributed by atoms with van der Waals surface area (Å²) in [5, 5.41) is 20.8. The van der Waals surface area contributed by atoms with Gasteiger partial charge in [0.25, 0.3) is 5.91 Å². The zero-order valence-corrected chi connectivity index (χ0v) is 18.7. The Kier molecular flexibility index (Phi) is 7.77. The number of carbonyl (C=O) groups is 2. The first kappa shape index (κ1) is 23.4. The lowest BCUT2D eigenvalue weighted by Gasteiger charge is -2.26. The van der Waals surface area contributed by atoms with Crippen LogP contribution < -0.4 is 5.32 Å². The first-order valence-electron chi connectivity index (χ1n) is 11.9. The number of carboxylic acid groups (broad SMARTS) is 1. The van der Waals surface area contributed by atoms with Crippen LogP contribution in [0.3, 0.4) is 0 Å². The van der Waals surface area contributed by atoms with Gasteiger partial charge in [-0.1, -0.05) is 24.3 Å². The van der Waals surface area contributed by atoms with Crippen LogP contribution in [0.4, 0.5) is 0 Å². The lowest BCUT2D eigenvalue weighted by Crippen LogP contribution is -2.28. The number of oxazole rings is 1. The van der Waals surface area contributed by atoms with Gasteiger partial charge in [0, 0.05) is 25.5 Å². The minimum absolute atomic E-state index is 0.0256. The molecule has 8 nitrogen and oxygen atoms in total. The molecular formula is C25H32N2O6. The van der Waals surface area contributed by atoms with Gasteiger partial charge < -0.3 is 24.7 Å². The number of aromatic nitrogens is 1. The Bertz CT molecular complexity index is 958. The second kappa shape index (κ2) is 10.9. The molecule has 8 heteroatoms. The van der Waals surface area contributed by atoms with Gasteiger partial charge in [-0.05, 0) is 56.1 Å². The van der Waals surface area contributed by atoms with Gasteiger partial charge in [-0.3, -0.25) is 9.59 Å². The van der Waals surface area contributed by atoms with E-state index in [0.717, 1.165) is 49.7 Å². The summed E-state index contributed by atoms with van der Waals surface area (Å²) in [6, 6.07) is 7.98. The highest BCUT2D eigenvalue weighted by Crippen LogP contribution is 2.49. The summed E-state index contributed by atoms with van der Waals surface area (Å²) in [6.45, 7) is 0.700. The van der Waals surface area contributed by atoms with E-state index in [1.165, 1.54) is 6.26 Å². The van der Waals surface area contributed by atoms with Gasteiger partial charge in [0.15, 0.2) is 5.69 Å². The van der Waals surface area contributed by atoms with Gasteiger partial charge >= 0.3 is 5.97 Å². The molecule has 1 aromatic heterocycles. The fraction of sp³-hybridized carbons (Fsp3) is 0.560. The lowest BCUT2D eigenvalue weighted by atomic mass is 9.75. The van der Waals surface area contributed by atoms with Crippen molar-refractivity contribution in [1.82, 2.24) is 10.3 Å². The smallest absolute Gasteiger partial charge is 0.303 e. The molecule has 1 amide bonds. The average molecular weight is 457 g/mol. The molecule has 2 aliphatic rings. The molecule has 4 atom stereocenters. The monoisotopic (exact) mass is 456 g/mol. The van der Waals surface area contributed by atoms with Crippen LogP contribution in [0, 0.1) is 5.92 Å². The number of rotatable bonds is 12. The Labute approximate surface area is 193 Å². The highest BCUT2D eigenvalue weighted by atomic mass is 16.5. The number of amides is 1. The first-order valence-corrected chi connectivity index (χ1v) is 11.9. The quantitative estimate of drug-likeness (QED) is 0.420. The number of nitrogens with zero attached hydrogens (tertiary/aromatic N) is 1. The molecule has 2 aliphatic heterocycles. The number of aryl methyl sites for hydroxylation is 1. The van der Waals surface area contributed by atoms with Gasteiger partial charge in [0.05, 0.1) is 18.1 Å². The summed E-state index contributed by atoms with van der Waals surface area (Å²) >= 11 is 0. The molecule has 178 valence electrons. The summed E-state index contributed by atoms with van der Waals surface area (Å²) in [5.41, 5.74) is 2.46. The highest BCUT2D eigenvalue weighted by Gasteiger charge is 2.51. The fourth-order valence-electron chi connectivity index (χ4n) is 5.12. The second-order valence-corrected chi connectivity index (χ2v) is 8.96. The van der Waals surface area contributed by atoms with Crippen molar-refractivity contribution in [3.05, 3.63) is 53.2 Å².